The Kier molecular flexibility index (Phi) is 6.18. The highest BCUT2D eigenvalue weighted by atomic mass is 16.3. The molecule has 0 aliphatic heterocycles. The number of hydrogen-bond acceptors (Lipinski definition) is 5. The molecule has 1 saturated carbocycles. The molecule has 0 saturated heterocycles. The third-order valence-corrected chi connectivity index (χ3v) is 11.5. The fourth-order valence-electron chi connectivity index (χ4n) is 9.11. The molecule has 246 valence electrons. The van der Waals surface area contributed by atoms with E-state index in [1.807, 2.05) is 42.5 Å². The lowest BCUT2D eigenvalue weighted by molar-refractivity contribution is 0.353. The van der Waals surface area contributed by atoms with Crippen LogP contribution < -0.4 is 0 Å². The quantitative estimate of drug-likeness (QED) is 0.187. The second kappa shape index (κ2) is 11.0. The Morgan fingerprint density at radius 1 is 0.538 bits per heavy atom. The number of benzene rings is 6. The number of nitriles is 1. The third kappa shape index (κ3) is 4.15. The van der Waals surface area contributed by atoms with Crippen molar-refractivity contribution in [3.05, 3.63) is 144 Å². The Morgan fingerprint density at radius 2 is 1.25 bits per heavy atom. The monoisotopic (exact) mass is 669 g/mol. The number of hydrogen-bond donors (Lipinski definition) is 0. The zero-order chi connectivity index (χ0) is 34.4. The summed E-state index contributed by atoms with van der Waals surface area (Å²) >= 11 is 0. The molecule has 1 fully saturated rings. The average Bonchev–Trinajstić information content (AvgIpc) is 3.86. The maximum absolute atomic E-state index is 9.37. The van der Waals surface area contributed by atoms with Gasteiger partial charge in [0, 0.05) is 38.3 Å². The molecule has 0 atom stereocenters. The fraction of sp³-hybridized carbons (Fsp3) is 0.128. The molecule has 0 radical (unpaired) electrons. The van der Waals surface area contributed by atoms with E-state index in [9.17, 15) is 5.26 Å². The molecule has 0 N–H and O–H groups in total. The first-order valence-electron chi connectivity index (χ1n) is 18.1. The van der Waals surface area contributed by atoms with E-state index in [4.69, 9.17) is 18.8 Å². The smallest absolute Gasteiger partial charge is 0.180 e. The second-order valence-corrected chi connectivity index (χ2v) is 14.3. The van der Waals surface area contributed by atoms with Crippen molar-refractivity contribution >= 4 is 44.0 Å². The van der Waals surface area contributed by atoms with Crippen LogP contribution in [0.1, 0.15) is 48.8 Å². The molecule has 1 spiro atoms. The van der Waals surface area contributed by atoms with Crippen molar-refractivity contribution in [2.75, 3.05) is 0 Å². The van der Waals surface area contributed by atoms with E-state index in [0.717, 1.165) is 60.7 Å². The van der Waals surface area contributed by atoms with Gasteiger partial charge in [-0.25, -0.2) is 9.97 Å². The van der Waals surface area contributed by atoms with Gasteiger partial charge in [-0.1, -0.05) is 86.0 Å². The van der Waals surface area contributed by atoms with Gasteiger partial charge >= 0.3 is 0 Å². The minimum atomic E-state index is 0.136. The first-order chi connectivity index (χ1) is 25.7. The Hall–Kier alpha value is -6.51. The Bertz CT molecular complexity index is 2950. The largest absolute Gasteiger partial charge is 0.455 e. The van der Waals surface area contributed by atoms with E-state index in [-0.39, 0.29) is 5.41 Å². The van der Waals surface area contributed by atoms with Gasteiger partial charge in [0.05, 0.1) is 11.6 Å². The lowest BCUT2D eigenvalue weighted by atomic mass is 9.68. The third-order valence-electron chi connectivity index (χ3n) is 11.5. The van der Waals surface area contributed by atoms with Crippen molar-refractivity contribution in [1.82, 2.24) is 9.97 Å². The lowest BCUT2D eigenvalue weighted by Crippen LogP contribution is -2.27. The number of rotatable bonds is 3. The number of aromatic nitrogens is 2. The first kappa shape index (κ1) is 29.2. The fourth-order valence-corrected chi connectivity index (χ4v) is 9.11. The molecule has 2 aliphatic carbocycles. The number of fused-ring (bicyclic) bond motifs is 11. The second-order valence-electron chi connectivity index (χ2n) is 14.3. The molecule has 3 heterocycles. The molecule has 3 aromatic heterocycles. The van der Waals surface area contributed by atoms with Gasteiger partial charge in [-0.2, -0.15) is 5.26 Å². The molecule has 6 aromatic carbocycles. The van der Waals surface area contributed by atoms with Gasteiger partial charge in [0.2, 0.25) is 0 Å². The summed E-state index contributed by atoms with van der Waals surface area (Å²) in [5.74, 6) is 0.575. The first-order valence-corrected chi connectivity index (χ1v) is 18.1. The van der Waals surface area contributed by atoms with Crippen molar-refractivity contribution in [2.45, 2.75) is 37.5 Å². The van der Waals surface area contributed by atoms with Crippen molar-refractivity contribution in [3.63, 3.8) is 0 Å². The van der Waals surface area contributed by atoms with Gasteiger partial charge in [-0.05, 0) is 101 Å². The molecular weight excluding hydrogens is 639 g/mol. The van der Waals surface area contributed by atoms with Crippen molar-refractivity contribution in [3.8, 4) is 51.0 Å². The zero-order valence-electron chi connectivity index (χ0n) is 28.3. The van der Waals surface area contributed by atoms with Crippen LogP contribution in [0.15, 0.2) is 136 Å². The van der Waals surface area contributed by atoms with E-state index < -0.39 is 0 Å². The minimum Gasteiger partial charge on any atom is -0.455 e. The molecular formula is C47H31N3O2. The maximum atomic E-state index is 9.37. The molecule has 11 rings (SSSR count). The average molecular weight is 670 g/mol. The van der Waals surface area contributed by atoms with Gasteiger partial charge < -0.3 is 8.83 Å². The lowest BCUT2D eigenvalue weighted by Gasteiger charge is -2.36. The predicted molar refractivity (Wildman–Crippen MR) is 207 cm³/mol. The van der Waals surface area contributed by atoms with Crippen LogP contribution in [0.4, 0.5) is 0 Å². The molecule has 5 nitrogen and oxygen atoms in total. The Morgan fingerprint density at radius 3 is 2.13 bits per heavy atom. The molecule has 5 heteroatoms. The van der Waals surface area contributed by atoms with Crippen LogP contribution in [0.25, 0.3) is 88.9 Å². The summed E-state index contributed by atoms with van der Waals surface area (Å²) in [6.07, 6.45) is 6.33. The van der Waals surface area contributed by atoms with Crippen molar-refractivity contribution in [1.29, 1.82) is 5.26 Å². The summed E-state index contributed by atoms with van der Waals surface area (Å²) in [7, 11) is 0. The Labute approximate surface area is 299 Å². The van der Waals surface area contributed by atoms with Gasteiger partial charge in [-0.15, -0.1) is 0 Å². The summed E-state index contributed by atoms with van der Waals surface area (Å²) in [5.41, 5.74) is 15.0. The van der Waals surface area contributed by atoms with E-state index in [2.05, 4.69) is 78.9 Å². The highest BCUT2D eigenvalue weighted by Gasteiger charge is 2.43. The van der Waals surface area contributed by atoms with Crippen LogP contribution in [0.2, 0.25) is 0 Å². The number of para-hydroxylation sites is 2. The van der Waals surface area contributed by atoms with Crippen LogP contribution in [-0.2, 0) is 5.41 Å². The molecule has 2 aliphatic rings. The summed E-state index contributed by atoms with van der Waals surface area (Å²) in [6.45, 7) is 0. The summed E-state index contributed by atoms with van der Waals surface area (Å²) in [5, 5.41) is 12.4. The molecule has 0 amide bonds. The summed E-state index contributed by atoms with van der Waals surface area (Å²) in [4.78, 5) is 10.1. The van der Waals surface area contributed by atoms with E-state index in [0.29, 0.717) is 22.7 Å². The minimum absolute atomic E-state index is 0.136. The number of nitrogens with zero attached hydrogens (tertiary/aromatic N) is 3. The SMILES string of the molecule is N#Cc1ccc(-c2nc(-c3ccc4oc5c(-c6ccc7c(c6)-c6ccccc6C76CCCCC6)cccc5c4c3)c3oc4ccccc4c3n2)cc1. The van der Waals surface area contributed by atoms with Crippen LogP contribution in [0, 0.1) is 11.3 Å². The molecule has 0 bridgehead atoms. The van der Waals surface area contributed by atoms with E-state index >= 15 is 0 Å². The highest BCUT2D eigenvalue weighted by Crippen LogP contribution is 2.56. The normalized spacial score (nSPS) is 14.7. The van der Waals surface area contributed by atoms with Crippen molar-refractivity contribution in [2.24, 2.45) is 0 Å². The van der Waals surface area contributed by atoms with Crippen molar-refractivity contribution < 1.29 is 8.83 Å². The van der Waals surface area contributed by atoms with E-state index in [1.54, 1.807) is 12.1 Å². The standard InChI is InChI=1S/C47H31N3O2/c48-27-28-15-17-29(18-16-28)46-49-42(45-43(50-46)35-10-3-5-14-40(35)52-45)31-20-22-41-37(26-31)34-12-8-11-32(44(34)51-41)30-19-21-39-36(25-30)33-9-2-4-13-38(33)47(39)23-6-1-7-24-47/h2-5,8-22,25-26H,1,6-7,23-24H2. The topological polar surface area (TPSA) is 75.8 Å². The maximum Gasteiger partial charge on any atom is 0.180 e. The van der Waals surface area contributed by atoms with Crippen LogP contribution >= 0.6 is 0 Å². The summed E-state index contributed by atoms with van der Waals surface area (Å²) in [6, 6.07) is 46.4. The molecule has 52 heavy (non-hydrogen) atoms. The molecule has 9 aromatic rings. The van der Waals surface area contributed by atoms with Gasteiger partial charge in [0.1, 0.15) is 28.0 Å². The van der Waals surface area contributed by atoms with Crippen LogP contribution in [0.5, 0.6) is 0 Å². The van der Waals surface area contributed by atoms with Gasteiger partial charge in [0.15, 0.2) is 11.4 Å². The highest BCUT2D eigenvalue weighted by molar-refractivity contribution is 6.12. The van der Waals surface area contributed by atoms with Crippen LogP contribution in [0.3, 0.4) is 0 Å². The van der Waals surface area contributed by atoms with E-state index in [1.165, 1.54) is 54.4 Å². The van der Waals surface area contributed by atoms with Gasteiger partial charge in [0.25, 0.3) is 0 Å². The zero-order valence-corrected chi connectivity index (χ0v) is 28.3. The van der Waals surface area contributed by atoms with Gasteiger partial charge in [-0.3, -0.25) is 0 Å². The van der Waals surface area contributed by atoms with Crippen LogP contribution in [-0.4, -0.2) is 9.97 Å². The predicted octanol–water partition coefficient (Wildman–Crippen LogP) is 12.4. The summed E-state index contributed by atoms with van der Waals surface area (Å²) < 4.78 is 13.1. The molecule has 0 unspecified atom stereocenters. The number of furan rings is 2. The Balaban J connectivity index is 1.07.